The van der Waals surface area contributed by atoms with E-state index in [1.807, 2.05) is 31.2 Å². The van der Waals surface area contributed by atoms with E-state index in [0.29, 0.717) is 21.5 Å². The standard InChI is InChI=1S/C25H25N3O2S/c1-15-6-9-20(10-7-15)28-17(3)13-19(18(28)4)14-23-24(29)27-25(31-23)26-21-12-16(2)8-11-22(21)30-5/h6-14H,1-5H3,(H,26,27,29)/b23-14-. The molecule has 0 saturated carbocycles. The third-order valence-electron chi connectivity index (χ3n) is 5.26. The van der Waals surface area contributed by atoms with E-state index in [1.165, 1.54) is 17.3 Å². The number of hydrogen-bond donors (Lipinski definition) is 1. The van der Waals surface area contributed by atoms with Crippen LogP contribution in [0.15, 0.2) is 58.4 Å². The molecule has 0 aliphatic carbocycles. The Labute approximate surface area is 186 Å². The van der Waals surface area contributed by atoms with Crippen molar-refractivity contribution < 1.29 is 9.53 Å². The number of benzene rings is 2. The van der Waals surface area contributed by atoms with E-state index in [4.69, 9.17) is 4.74 Å². The number of amidine groups is 1. The summed E-state index contributed by atoms with van der Waals surface area (Å²) in [6, 6.07) is 16.3. The van der Waals surface area contributed by atoms with Gasteiger partial charge in [-0.05, 0) is 87.0 Å². The zero-order chi connectivity index (χ0) is 22.1. The highest BCUT2D eigenvalue weighted by molar-refractivity contribution is 8.18. The van der Waals surface area contributed by atoms with Gasteiger partial charge in [-0.25, -0.2) is 4.99 Å². The molecule has 0 bridgehead atoms. The summed E-state index contributed by atoms with van der Waals surface area (Å²) in [6.45, 7) is 8.23. The summed E-state index contributed by atoms with van der Waals surface area (Å²) in [5, 5.41) is 3.41. The van der Waals surface area contributed by atoms with Gasteiger partial charge in [-0.1, -0.05) is 23.8 Å². The summed E-state index contributed by atoms with van der Waals surface area (Å²) in [7, 11) is 1.61. The molecule has 6 heteroatoms. The number of aromatic nitrogens is 1. The monoisotopic (exact) mass is 431 g/mol. The first-order valence-corrected chi connectivity index (χ1v) is 10.9. The fourth-order valence-corrected chi connectivity index (χ4v) is 4.47. The second-order valence-electron chi connectivity index (χ2n) is 7.65. The Kier molecular flexibility index (Phi) is 5.74. The van der Waals surface area contributed by atoms with E-state index in [2.05, 4.69) is 66.0 Å². The normalized spacial score (nSPS) is 16.2. The fourth-order valence-electron chi connectivity index (χ4n) is 3.64. The van der Waals surface area contributed by atoms with Crippen LogP contribution in [0.3, 0.4) is 0 Å². The topological polar surface area (TPSA) is 55.6 Å². The van der Waals surface area contributed by atoms with Gasteiger partial charge >= 0.3 is 0 Å². The van der Waals surface area contributed by atoms with Gasteiger partial charge in [-0.15, -0.1) is 0 Å². The molecule has 1 N–H and O–H groups in total. The van der Waals surface area contributed by atoms with Gasteiger partial charge in [-0.3, -0.25) is 4.79 Å². The molecule has 5 nitrogen and oxygen atoms in total. The lowest BCUT2D eigenvalue weighted by molar-refractivity contribution is -0.115. The van der Waals surface area contributed by atoms with Crippen LogP contribution in [0.5, 0.6) is 5.75 Å². The van der Waals surface area contributed by atoms with Crippen LogP contribution in [-0.4, -0.2) is 22.8 Å². The van der Waals surface area contributed by atoms with Crippen molar-refractivity contribution in [3.8, 4) is 11.4 Å². The van der Waals surface area contributed by atoms with Crippen molar-refractivity contribution in [3.05, 3.63) is 81.5 Å². The molecule has 158 valence electrons. The molecule has 1 aromatic heterocycles. The summed E-state index contributed by atoms with van der Waals surface area (Å²) >= 11 is 1.34. The number of carbonyl (C=O) groups excluding carboxylic acids is 1. The first kappa shape index (κ1) is 21.0. The van der Waals surface area contributed by atoms with Gasteiger partial charge in [-0.2, -0.15) is 0 Å². The van der Waals surface area contributed by atoms with Crippen molar-refractivity contribution in [2.75, 3.05) is 7.11 Å². The van der Waals surface area contributed by atoms with Crippen LogP contribution in [0.2, 0.25) is 0 Å². The molecule has 0 spiro atoms. The quantitative estimate of drug-likeness (QED) is 0.546. The summed E-state index contributed by atoms with van der Waals surface area (Å²) in [4.78, 5) is 17.8. The van der Waals surface area contributed by atoms with Gasteiger partial charge in [0.25, 0.3) is 5.91 Å². The maximum atomic E-state index is 12.6. The Bertz CT molecular complexity index is 1220. The molecule has 1 fully saturated rings. The third-order valence-corrected chi connectivity index (χ3v) is 6.17. The van der Waals surface area contributed by atoms with Crippen LogP contribution in [0.4, 0.5) is 5.69 Å². The van der Waals surface area contributed by atoms with Crippen molar-refractivity contribution >= 4 is 34.6 Å². The fraction of sp³-hybridized carbons (Fsp3) is 0.200. The highest BCUT2D eigenvalue weighted by atomic mass is 32.2. The van der Waals surface area contributed by atoms with Crippen molar-refractivity contribution in [1.29, 1.82) is 0 Å². The van der Waals surface area contributed by atoms with E-state index in [1.54, 1.807) is 7.11 Å². The van der Waals surface area contributed by atoms with Crippen molar-refractivity contribution in [3.63, 3.8) is 0 Å². The zero-order valence-corrected chi connectivity index (χ0v) is 19.1. The van der Waals surface area contributed by atoms with Crippen molar-refractivity contribution in [2.24, 2.45) is 4.99 Å². The predicted octanol–water partition coefficient (Wildman–Crippen LogP) is 5.61. The van der Waals surface area contributed by atoms with Gasteiger partial charge in [0.1, 0.15) is 11.4 Å². The molecule has 1 aliphatic heterocycles. The predicted molar refractivity (Wildman–Crippen MR) is 129 cm³/mol. The molecule has 4 rings (SSSR count). The molecule has 0 atom stereocenters. The van der Waals surface area contributed by atoms with E-state index in [-0.39, 0.29) is 5.91 Å². The summed E-state index contributed by atoms with van der Waals surface area (Å²) in [5.41, 5.74) is 7.35. The van der Waals surface area contributed by atoms with Gasteiger partial charge < -0.3 is 14.6 Å². The lowest BCUT2D eigenvalue weighted by Gasteiger charge is -2.10. The van der Waals surface area contributed by atoms with Crippen molar-refractivity contribution in [2.45, 2.75) is 27.7 Å². The molecule has 0 unspecified atom stereocenters. The van der Waals surface area contributed by atoms with Gasteiger partial charge in [0.15, 0.2) is 5.17 Å². The number of nitrogens with zero attached hydrogens (tertiary/aromatic N) is 2. The molecule has 1 aliphatic rings. The van der Waals surface area contributed by atoms with Gasteiger partial charge in [0, 0.05) is 17.1 Å². The van der Waals surface area contributed by atoms with E-state index < -0.39 is 0 Å². The highest BCUT2D eigenvalue weighted by Gasteiger charge is 2.25. The maximum Gasteiger partial charge on any atom is 0.264 e. The Morgan fingerprint density at radius 3 is 2.42 bits per heavy atom. The van der Waals surface area contributed by atoms with Crippen LogP contribution in [0.25, 0.3) is 11.8 Å². The molecule has 1 amide bonds. The van der Waals surface area contributed by atoms with Crippen LogP contribution in [0, 0.1) is 27.7 Å². The largest absolute Gasteiger partial charge is 0.494 e. The van der Waals surface area contributed by atoms with Gasteiger partial charge in [0.05, 0.1) is 12.0 Å². The molecular formula is C25H25N3O2S. The number of amides is 1. The number of ether oxygens (including phenoxy) is 1. The SMILES string of the molecule is COc1ccc(C)cc1N=C1NC(=O)/C(=C/c2cc(C)n(-c3ccc(C)cc3)c2C)S1. The molecule has 1 saturated heterocycles. The lowest BCUT2D eigenvalue weighted by Crippen LogP contribution is -2.19. The van der Waals surface area contributed by atoms with E-state index >= 15 is 0 Å². The minimum atomic E-state index is -0.143. The van der Waals surface area contributed by atoms with E-state index in [9.17, 15) is 4.79 Å². The lowest BCUT2D eigenvalue weighted by atomic mass is 10.2. The minimum absolute atomic E-state index is 0.143. The summed E-state index contributed by atoms with van der Waals surface area (Å²) in [5.74, 6) is 0.530. The van der Waals surface area contributed by atoms with Crippen LogP contribution in [-0.2, 0) is 4.79 Å². The number of rotatable bonds is 4. The van der Waals surface area contributed by atoms with Crippen molar-refractivity contribution in [1.82, 2.24) is 9.88 Å². The molecule has 0 radical (unpaired) electrons. The molecule has 2 aromatic carbocycles. The Balaban J connectivity index is 1.65. The maximum absolute atomic E-state index is 12.6. The number of aliphatic imine (C=N–C) groups is 1. The van der Waals surface area contributed by atoms with E-state index in [0.717, 1.165) is 28.2 Å². The molecule has 31 heavy (non-hydrogen) atoms. The van der Waals surface area contributed by atoms with Crippen LogP contribution in [0.1, 0.15) is 28.1 Å². The second-order valence-corrected chi connectivity index (χ2v) is 8.69. The molecular weight excluding hydrogens is 406 g/mol. The smallest absolute Gasteiger partial charge is 0.264 e. The van der Waals surface area contributed by atoms with Gasteiger partial charge in [0.2, 0.25) is 0 Å². The minimum Gasteiger partial charge on any atom is -0.494 e. The van der Waals surface area contributed by atoms with Crippen LogP contribution >= 0.6 is 11.8 Å². The number of methoxy groups -OCH3 is 1. The second kappa shape index (κ2) is 8.47. The average molecular weight is 432 g/mol. The van der Waals surface area contributed by atoms with Crippen LogP contribution < -0.4 is 10.1 Å². The summed E-state index contributed by atoms with van der Waals surface area (Å²) in [6.07, 6.45) is 1.93. The first-order valence-electron chi connectivity index (χ1n) is 10.1. The highest BCUT2D eigenvalue weighted by Crippen LogP contribution is 2.33. The number of nitrogens with one attached hydrogen (secondary N) is 1. The zero-order valence-electron chi connectivity index (χ0n) is 18.3. The number of thioether (sulfide) groups is 1. The summed E-state index contributed by atoms with van der Waals surface area (Å²) < 4.78 is 7.60. The molecule has 3 aromatic rings. The number of aryl methyl sites for hydroxylation is 3. The Hall–Kier alpha value is -3.25. The first-order chi connectivity index (χ1) is 14.9. The Morgan fingerprint density at radius 2 is 1.71 bits per heavy atom. The Morgan fingerprint density at radius 1 is 1.00 bits per heavy atom. The molecule has 2 heterocycles. The number of carbonyl (C=O) groups is 1. The number of hydrogen-bond acceptors (Lipinski definition) is 4. The third kappa shape index (κ3) is 4.30. The average Bonchev–Trinajstić information content (AvgIpc) is 3.21.